The lowest BCUT2D eigenvalue weighted by molar-refractivity contribution is -0.0102. The molecule has 4 unspecified atom stereocenters. The number of hydrogen-bond donors (Lipinski definition) is 1. The van der Waals surface area contributed by atoms with Crippen molar-refractivity contribution in [2.45, 2.75) is 37.8 Å². The second kappa shape index (κ2) is 5.08. The largest absolute Gasteiger partial charge is 0.377 e. The van der Waals surface area contributed by atoms with E-state index in [0.717, 1.165) is 38.6 Å². The molecule has 2 N–H and O–H groups in total. The second-order valence-electron chi connectivity index (χ2n) is 6.32. The van der Waals surface area contributed by atoms with Crippen LogP contribution in [0, 0.1) is 5.92 Å². The first kappa shape index (κ1) is 12.9. The van der Waals surface area contributed by atoms with E-state index in [1.165, 1.54) is 32.5 Å². The van der Waals surface area contributed by atoms with E-state index in [1.54, 1.807) is 0 Å². The molecular formula is C14H27N3O. The summed E-state index contributed by atoms with van der Waals surface area (Å²) in [5, 5.41) is 0. The molecule has 18 heavy (non-hydrogen) atoms. The van der Waals surface area contributed by atoms with Crippen molar-refractivity contribution >= 4 is 0 Å². The van der Waals surface area contributed by atoms with Crippen molar-refractivity contribution in [2.24, 2.45) is 11.7 Å². The Bertz CT molecular complexity index is 299. The van der Waals surface area contributed by atoms with Gasteiger partial charge in [0.2, 0.25) is 0 Å². The van der Waals surface area contributed by atoms with Crippen molar-refractivity contribution in [3.63, 3.8) is 0 Å². The lowest BCUT2D eigenvalue weighted by atomic mass is 9.77. The van der Waals surface area contributed by atoms with E-state index in [4.69, 9.17) is 10.5 Å². The molecule has 0 aliphatic carbocycles. The van der Waals surface area contributed by atoms with Crippen LogP contribution in [0.4, 0.5) is 0 Å². The molecule has 104 valence electrons. The van der Waals surface area contributed by atoms with Gasteiger partial charge in [-0.25, -0.2) is 0 Å². The Labute approximate surface area is 110 Å². The van der Waals surface area contributed by atoms with Gasteiger partial charge in [0.05, 0.1) is 6.10 Å². The summed E-state index contributed by atoms with van der Waals surface area (Å²) in [5.74, 6) is 0.779. The number of hydrogen-bond acceptors (Lipinski definition) is 4. The highest BCUT2D eigenvalue weighted by atomic mass is 16.5. The summed E-state index contributed by atoms with van der Waals surface area (Å²) in [4.78, 5) is 5.29. The SMILES string of the molecule is CC1CN(C2(CN)CCN3CCC2C3)CCCO1. The Morgan fingerprint density at radius 2 is 2.17 bits per heavy atom. The lowest BCUT2D eigenvalue weighted by Gasteiger charge is -2.50. The highest BCUT2D eigenvalue weighted by Gasteiger charge is 2.49. The number of ether oxygens (including phenoxy) is 1. The van der Waals surface area contributed by atoms with Crippen LogP contribution >= 0.6 is 0 Å². The predicted octanol–water partition coefficient (Wildman–Crippen LogP) is 0.520. The van der Waals surface area contributed by atoms with E-state index in [1.807, 2.05) is 0 Å². The zero-order chi connectivity index (χ0) is 12.6. The Balaban J connectivity index is 1.81. The van der Waals surface area contributed by atoms with Gasteiger partial charge in [-0.15, -0.1) is 0 Å². The lowest BCUT2D eigenvalue weighted by Crippen LogP contribution is -2.63. The fourth-order valence-corrected chi connectivity index (χ4v) is 4.24. The Kier molecular flexibility index (Phi) is 3.63. The van der Waals surface area contributed by atoms with Crippen molar-refractivity contribution in [1.29, 1.82) is 0 Å². The third kappa shape index (κ3) is 2.09. The van der Waals surface area contributed by atoms with Crippen molar-refractivity contribution in [3.05, 3.63) is 0 Å². The van der Waals surface area contributed by atoms with Gasteiger partial charge in [0.15, 0.2) is 0 Å². The van der Waals surface area contributed by atoms with Crippen LogP contribution in [0.2, 0.25) is 0 Å². The molecule has 0 aromatic rings. The monoisotopic (exact) mass is 253 g/mol. The van der Waals surface area contributed by atoms with E-state index in [-0.39, 0.29) is 5.54 Å². The average molecular weight is 253 g/mol. The van der Waals surface area contributed by atoms with Gasteiger partial charge in [-0.05, 0) is 45.2 Å². The van der Waals surface area contributed by atoms with Crippen LogP contribution in [-0.4, -0.2) is 67.3 Å². The van der Waals surface area contributed by atoms with Crippen LogP contribution in [0.3, 0.4) is 0 Å². The van der Waals surface area contributed by atoms with E-state index >= 15 is 0 Å². The van der Waals surface area contributed by atoms with Crippen LogP contribution in [0.1, 0.15) is 26.2 Å². The highest BCUT2D eigenvalue weighted by Crippen LogP contribution is 2.39. The molecule has 3 rings (SSSR count). The van der Waals surface area contributed by atoms with Crippen molar-refractivity contribution in [1.82, 2.24) is 9.80 Å². The Morgan fingerprint density at radius 3 is 3.00 bits per heavy atom. The van der Waals surface area contributed by atoms with Crippen LogP contribution < -0.4 is 5.73 Å². The first-order valence-corrected chi connectivity index (χ1v) is 7.54. The summed E-state index contributed by atoms with van der Waals surface area (Å²) in [6.45, 7) is 9.94. The maximum atomic E-state index is 6.25. The molecule has 3 fully saturated rings. The zero-order valence-corrected chi connectivity index (χ0v) is 11.6. The molecule has 0 radical (unpaired) electrons. The summed E-state index contributed by atoms with van der Waals surface area (Å²) in [7, 11) is 0. The zero-order valence-electron chi connectivity index (χ0n) is 11.6. The smallest absolute Gasteiger partial charge is 0.0674 e. The van der Waals surface area contributed by atoms with Gasteiger partial charge >= 0.3 is 0 Å². The predicted molar refractivity (Wildman–Crippen MR) is 72.6 cm³/mol. The van der Waals surface area contributed by atoms with Gasteiger partial charge in [0.25, 0.3) is 0 Å². The van der Waals surface area contributed by atoms with Crippen molar-refractivity contribution in [2.75, 3.05) is 45.9 Å². The fourth-order valence-electron chi connectivity index (χ4n) is 4.24. The summed E-state index contributed by atoms with van der Waals surface area (Å²) >= 11 is 0. The van der Waals surface area contributed by atoms with Gasteiger partial charge in [0, 0.05) is 38.3 Å². The van der Waals surface area contributed by atoms with Crippen LogP contribution in [0.25, 0.3) is 0 Å². The molecule has 3 heterocycles. The molecule has 2 bridgehead atoms. The molecule has 3 aliphatic rings. The van der Waals surface area contributed by atoms with Gasteiger partial charge in [-0.2, -0.15) is 0 Å². The fraction of sp³-hybridized carbons (Fsp3) is 1.00. The van der Waals surface area contributed by atoms with Gasteiger partial charge in [-0.3, -0.25) is 4.90 Å². The summed E-state index contributed by atoms with van der Waals surface area (Å²) in [6.07, 6.45) is 4.10. The van der Waals surface area contributed by atoms with Crippen LogP contribution in [0.15, 0.2) is 0 Å². The third-order valence-corrected chi connectivity index (χ3v) is 5.33. The third-order valence-electron chi connectivity index (χ3n) is 5.33. The van der Waals surface area contributed by atoms with Crippen LogP contribution in [0.5, 0.6) is 0 Å². The molecular weight excluding hydrogens is 226 g/mol. The van der Waals surface area contributed by atoms with E-state index in [9.17, 15) is 0 Å². The Morgan fingerprint density at radius 1 is 1.28 bits per heavy atom. The molecule has 0 aromatic heterocycles. The van der Waals surface area contributed by atoms with Crippen molar-refractivity contribution < 1.29 is 4.74 Å². The van der Waals surface area contributed by atoms with Crippen LogP contribution in [-0.2, 0) is 4.74 Å². The standard InChI is InChI=1S/C14H27N3O/c1-12-9-17(5-2-8-18-12)14(11-15)4-7-16-6-3-13(14)10-16/h12-13H,2-11,15H2,1H3. The molecule has 0 amide bonds. The number of rotatable bonds is 2. The minimum atomic E-state index is 0.259. The summed E-state index contributed by atoms with van der Waals surface area (Å²) < 4.78 is 5.80. The quantitative estimate of drug-likeness (QED) is 0.779. The van der Waals surface area contributed by atoms with Gasteiger partial charge in [-0.1, -0.05) is 0 Å². The molecule has 0 aromatic carbocycles. The number of fused-ring (bicyclic) bond motifs is 2. The molecule has 4 heteroatoms. The highest BCUT2D eigenvalue weighted by molar-refractivity contribution is 5.05. The molecule has 3 saturated heterocycles. The first-order valence-electron chi connectivity index (χ1n) is 7.54. The number of nitrogens with zero attached hydrogens (tertiary/aromatic N) is 2. The Hall–Kier alpha value is -0.160. The van der Waals surface area contributed by atoms with Gasteiger partial charge in [0.1, 0.15) is 0 Å². The summed E-state index contributed by atoms with van der Waals surface area (Å²) in [5.41, 5.74) is 6.51. The van der Waals surface area contributed by atoms with E-state index < -0.39 is 0 Å². The molecule has 4 atom stereocenters. The second-order valence-corrected chi connectivity index (χ2v) is 6.32. The van der Waals surface area contributed by atoms with Gasteiger partial charge < -0.3 is 15.4 Å². The normalized spacial score (nSPS) is 46.0. The topological polar surface area (TPSA) is 41.7 Å². The average Bonchev–Trinajstić information content (AvgIpc) is 2.65. The molecule has 4 nitrogen and oxygen atoms in total. The maximum Gasteiger partial charge on any atom is 0.0674 e. The number of piperidine rings is 1. The first-order chi connectivity index (χ1) is 8.74. The van der Waals surface area contributed by atoms with E-state index in [2.05, 4.69) is 16.7 Å². The molecule has 3 aliphatic heterocycles. The van der Waals surface area contributed by atoms with E-state index in [0.29, 0.717) is 6.10 Å². The van der Waals surface area contributed by atoms with Crippen molar-refractivity contribution in [3.8, 4) is 0 Å². The minimum Gasteiger partial charge on any atom is -0.377 e. The minimum absolute atomic E-state index is 0.259. The molecule has 0 spiro atoms. The maximum absolute atomic E-state index is 6.25. The summed E-state index contributed by atoms with van der Waals surface area (Å²) in [6, 6.07) is 0. The molecule has 0 saturated carbocycles. The number of nitrogens with two attached hydrogens (primary N) is 1.